The average Bonchev–Trinajstić information content (AvgIpc) is 2.77. The highest BCUT2D eigenvalue weighted by Gasteiger charge is 2.20. The van der Waals surface area contributed by atoms with Crippen molar-refractivity contribution < 1.29 is 0 Å². The summed E-state index contributed by atoms with van der Waals surface area (Å²) in [5, 5.41) is 8.82. The van der Waals surface area contributed by atoms with Crippen molar-refractivity contribution in [1.82, 2.24) is 25.0 Å². The van der Waals surface area contributed by atoms with Gasteiger partial charge in [-0.05, 0) is 26.8 Å². The molecule has 0 aliphatic heterocycles. The maximum absolute atomic E-state index is 5.74. The average molecular weight is 262 g/mol. The summed E-state index contributed by atoms with van der Waals surface area (Å²) in [7, 11) is 3.91. The number of nitrogens with zero attached hydrogens (tertiary/aromatic N) is 4. The smallest absolute Gasteiger partial charge is 0.0644 e. The molecule has 0 saturated heterocycles. The van der Waals surface area contributed by atoms with Crippen LogP contribution in [-0.4, -0.2) is 19.6 Å². The molecule has 6 nitrogen and oxygen atoms in total. The van der Waals surface area contributed by atoms with Crippen LogP contribution in [0.2, 0.25) is 0 Å². The van der Waals surface area contributed by atoms with Crippen molar-refractivity contribution in [3.63, 3.8) is 0 Å². The van der Waals surface area contributed by atoms with Gasteiger partial charge < -0.3 is 0 Å². The number of rotatable bonds is 4. The van der Waals surface area contributed by atoms with E-state index in [1.165, 1.54) is 5.56 Å². The number of hydrogen-bond donors (Lipinski definition) is 2. The maximum atomic E-state index is 5.74. The number of nitrogens with two attached hydrogens (primary N) is 1. The molecule has 0 aliphatic rings. The maximum Gasteiger partial charge on any atom is 0.0644 e. The van der Waals surface area contributed by atoms with Crippen LogP contribution < -0.4 is 11.3 Å². The van der Waals surface area contributed by atoms with Gasteiger partial charge >= 0.3 is 0 Å². The highest BCUT2D eigenvalue weighted by Crippen LogP contribution is 2.24. The fourth-order valence-corrected chi connectivity index (χ4v) is 2.60. The third kappa shape index (κ3) is 2.54. The van der Waals surface area contributed by atoms with Gasteiger partial charge in [0, 0.05) is 37.5 Å². The van der Waals surface area contributed by atoms with Crippen LogP contribution in [0.1, 0.15) is 34.4 Å². The molecule has 2 aromatic heterocycles. The zero-order valence-electron chi connectivity index (χ0n) is 12.2. The molecule has 2 aromatic rings. The first kappa shape index (κ1) is 13.8. The van der Waals surface area contributed by atoms with Crippen LogP contribution >= 0.6 is 0 Å². The van der Waals surface area contributed by atoms with E-state index in [4.69, 9.17) is 5.84 Å². The van der Waals surface area contributed by atoms with E-state index in [0.717, 1.165) is 29.2 Å². The van der Waals surface area contributed by atoms with Crippen molar-refractivity contribution in [1.29, 1.82) is 0 Å². The standard InChI is InChI=1S/C13H22N6/c1-8-6-11(19(5)16-8)7-12(15-14)13-9(2)17-18(4)10(13)3/h6,12,15H,7,14H2,1-5H3. The number of nitrogens with one attached hydrogen (secondary N) is 1. The Labute approximate surface area is 113 Å². The molecule has 1 atom stereocenters. The molecule has 0 spiro atoms. The number of hydrogen-bond acceptors (Lipinski definition) is 4. The fraction of sp³-hybridized carbons (Fsp3) is 0.538. The summed E-state index contributed by atoms with van der Waals surface area (Å²) in [5.74, 6) is 5.74. The molecule has 0 aromatic carbocycles. The van der Waals surface area contributed by atoms with E-state index in [1.54, 1.807) is 0 Å². The van der Waals surface area contributed by atoms with Crippen LogP contribution in [0.25, 0.3) is 0 Å². The lowest BCUT2D eigenvalue weighted by molar-refractivity contribution is 0.525. The largest absolute Gasteiger partial charge is 0.272 e. The third-order valence-electron chi connectivity index (χ3n) is 3.63. The van der Waals surface area contributed by atoms with Crippen molar-refractivity contribution in [3.8, 4) is 0 Å². The van der Waals surface area contributed by atoms with Crippen LogP contribution in [-0.2, 0) is 20.5 Å². The van der Waals surface area contributed by atoms with E-state index in [0.29, 0.717) is 0 Å². The topological polar surface area (TPSA) is 73.7 Å². The van der Waals surface area contributed by atoms with E-state index in [2.05, 4.69) is 28.6 Å². The number of hydrazine groups is 1. The zero-order valence-corrected chi connectivity index (χ0v) is 12.2. The molecule has 19 heavy (non-hydrogen) atoms. The number of aryl methyl sites for hydroxylation is 4. The van der Waals surface area contributed by atoms with Gasteiger partial charge in [0.1, 0.15) is 0 Å². The predicted molar refractivity (Wildman–Crippen MR) is 74.4 cm³/mol. The first-order valence-electron chi connectivity index (χ1n) is 6.39. The second-order valence-electron chi connectivity index (χ2n) is 5.03. The highest BCUT2D eigenvalue weighted by atomic mass is 15.3. The lowest BCUT2D eigenvalue weighted by Gasteiger charge is -2.16. The molecule has 2 heterocycles. The molecule has 104 valence electrons. The zero-order chi connectivity index (χ0) is 14.2. The van der Waals surface area contributed by atoms with Crippen molar-refractivity contribution in [2.75, 3.05) is 0 Å². The molecule has 0 amide bonds. The molecule has 2 rings (SSSR count). The summed E-state index contributed by atoms with van der Waals surface area (Å²) in [5.41, 5.74) is 8.40. The minimum atomic E-state index is 0.0449. The van der Waals surface area contributed by atoms with Gasteiger partial charge in [0.25, 0.3) is 0 Å². The summed E-state index contributed by atoms with van der Waals surface area (Å²) in [6.07, 6.45) is 0.793. The second-order valence-corrected chi connectivity index (χ2v) is 5.03. The van der Waals surface area contributed by atoms with Gasteiger partial charge in [-0.15, -0.1) is 0 Å². The van der Waals surface area contributed by atoms with E-state index < -0.39 is 0 Å². The predicted octanol–water partition coefficient (Wildman–Crippen LogP) is 0.826. The van der Waals surface area contributed by atoms with Crippen LogP contribution in [0.4, 0.5) is 0 Å². The van der Waals surface area contributed by atoms with E-state index in [-0.39, 0.29) is 6.04 Å². The van der Waals surface area contributed by atoms with Crippen molar-refractivity contribution in [2.45, 2.75) is 33.2 Å². The Balaban J connectivity index is 2.33. The SMILES string of the molecule is Cc1cc(CC(NN)c2c(C)nn(C)c2C)n(C)n1. The van der Waals surface area contributed by atoms with Gasteiger partial charge in [0.15, 0.2) is 0 Å². The quantitative estimate of drug-likeness (QED) is 0.632. The van der Waals surface area contributed by atoms with Crippen LogP contribution in [0.3, 0.4) is 0 Å². The van der Waals surface area contributed by atoms with E-state index in [9.17, 15) is 0 Å². The van der Waals surface area contributed by atoms with Crippen LogP contribution in [0, 0.1) is 20.8 Å². The Morgan fingerprint density at radius 3 is 2.32 bits per heavy atom. The molecule has 0 bridgehead atoms. The van der Waals surface area contributed by atoms with Gasteiger partial charge in [0.2, 0.25) is 0 Å². The summed E-state index contributed by atoms with van der Waals surface area (Å²) in [6, 6.07) is 2.13. The number of aromatic nitrogens is 4. The third-order valence-corrected chi connectivity index (χ3v) is 3.63. The Morgan fingerprint density at radius 2 is 1.89 bits per heavy atom. The van der Waals surface area contributed by atoms with E-state index >= 15 is 0 Å². The normalized spacial score (nSPS) is 12.9. The molecular weight excluding hydrogens is 240 g/mol. The molecular formula is C13H22N6. The van der Waals surface area contributed by atoms with Gasteiger partial charge in [-0.2, -0.15) is 10.2 Å². The second kappa shape index (κ2) is 5.14. The molecule has 1 unspecified atom stereocenters. The van der Waals surface area contributed by atoms with Crippen molar-refractivity contribution in [2.24, 2.45) is 19.9 Å². The molecule has 6 heteroatoms. The van der Waals surface area contributed by atoms with Crippen molar-refractivity contribution in [3.05, 3.63) is 34.4 Å². The summed E-state index contributed by atoms with van der Waals surface area (Å²) >= 11 is 0. The lowest BCUT2D eigenvalue weighted by Crippen LogP contribution is -2.31. The summed E-state index contributed by atoms with van der Waals surface area (Å²) in [4.78, 5) is 0. The summed E-state index contributed by atoms with van der Waals surface area (Å²) < 4.78 is 3.80. The van der Waals surface area contributed by atoms with Crippen LogP contribution in [0.5, 0.6) is 0 Å². The Hall–Kier alpha value is -1.66. The Kier molecular flexibility index (Phi) is 3.73. The highest BCUT2D eigenvalue weighted by molar-refractivity contribution is 5.29. The Morgan fingerprint density at radius 1 is 1.21 bits per heavy atom. The van der Waals surface area contributed by atoms with Gasteiger partial charge in [-0.3, -0.25) is 20.6 Å². The lowest BCUT2D eigenvalue weighted by atomic mass is 10.0. The molecule has 0 radical (unpaired) electrons. The van der Waals surface area contributed by atoms with Gasteiger partial charge in [-0.1, -0.05) is 0 Å². The first-order valence-corrected chi connectivity index (χ1v) is 6.39. The van der Waals surface area contributed by atoms with Gasteiger partial charge in [-0.25, -0.2) is 0 Å². The molecule has 3 N–H and O–H groups in total. The first-order chi connectivity index (χ1) is 8.93. The minimum Gasteiger partial charge on any atom is -0.272 e. The van der Waals surface area contributed by atoms with Crippen LogP contribution in [0.15, 0.2) is 6.07 Å². The van der Waals surface area contributed by atoms with Gasteiger partial charge in [0.05, 0.1) is 17.4 Å². The monoisotopic (exact) mass is 262 g/mol. The molecule has 0 aliphatic carbocycles. The van der Waals surface area contributed by atoms with Crippen molar-refractivity contribution >= 4 is 0 Å². The fourth-order valence-electron chi connectivity index (χ4n) is 2.60. The summed E-state index contributed by atoms with van der Waals surface area (Å²) in [6.45, 7) is 6.07. The van der Waals surface area contributed by atoms with E-state index in [1.807, 2.05) is 37.3 Å². The Bertz CT molecular complexity index is 580. The molecule has 0 fully saturated rings. The minimum absolute atomic E-state index is 0.0449. The molecule has 0 saturated carbocycles.